The lowest BCUT2D eigenvalue weighted by Crippen LogP contribution is -2.52. The van der Waals surface area contributed by atoms with Gasteiger partial charge in [0.1, 0.15) is 17.6 Å². The van der Waals surface area contributed by atoms with Crippen molar-refractivity contribution in [1.29, 1.82) is 0 Å². The minimum absolute atomic E-state index is 0.0211. The Bertz CT molecular complexity index is 853. The summed E-state index contributed by atoms with van der Waals surface area (Å²) in [6.07, 6.45) is 6.29. The Morgan fingerprint density at radius 2 is 1.93 bits per heavy atom. The van der Waals surface area contributed by atoms with Gasteiger partial charge in [-0.15, -0.1) is 0 Å². The highest BCUT2D eigenvalue weighted by atomic mass is 16.5. The molecule has 1 aromatic carbocycles. The Kier molecular flexibility index (Phi) is 4.87. The third-order valence-electron chi connectivity index (χ3n) is 6.09. The van der Waals surface area contributed by atoms with Gasteiger partial charge in [-0.05, 0) is 37.8 Å². The van der Waals surface area contributed by atoms with Crippen LogP contribution in [0, 0.1) is 0 Å². The second-order valence-electron chi connectivity index (χ2n) is 7.93. The summed E-state index contributed by atoms with van der Waals surface area (Å²) in [6, 6.07) is 9.81. The van der Waals surface area contributed by atoms with Gasteiger partial charge in [-0.1, -0.05) is 18.2 Å². The smallest absolute Gasteiger partial charge is 0.257 e. The summed E-state index contributed by atoms with van der Waals surface area (Å²) in [4.78, 5) is 28.5. The average Bonchev–Trinajstić information content (AvgIpc) is 3.17. The number of benzene rings is 1. The third-order valence-corrected chi connectivity index (χ3v) is 6.09. The lowest BCUT2D eigenvalue weighted by molar-refractivity contribution is -0.132. The van der Waals surface area contributed by atoms with Crippen LogP contribution in [0.15, 0.2) is 47.3 Å². The summed E-state index contributed by atoms with van der Waals surface area (Å²) in [7, 11) is 1.85. The normalized spacial score (nSPS) is 24.2. The molecule has 1 spiro atoms. The fraction of sp³-hybridized carbons (Fsp3) is 0.455. The van der Waals surface area contributed by atoms with Crippen molar-refractivity contribution >= 4 is 11.8 Å². The van der Waals surface area contributed by atoms with Gasteiger partial charge in [0.2, 0.25) is 5.91 Å². The van der Waals surface area contributed by atoms with E-state index in [1.54, 1.807) is 13.0 Å². The molecule has 0 unspecified atom stereocenters. The van der Waals surface area contributed by atoms with Crippen LogP contribution < -0.4 is 4.74 Å². The Morgan fingerprint density at radius 1 is 1.18 bits per heavy atom. The molecule has 1 aliphatic carbocycles. The van der Waals surface area contributed by atoms with Crippen LogP contribution in [0.2, 0.25) is 0 Å². The zero-order chi connectivity index (χ0) is 19.7. The van der Waals surface area contributed by atoms with E-state index >= 15 is 0 Å². The largest absolute Gasteiger partial charge is 0.485 e. The number of amides is 2. The van der Waals surface area contributed by atoms with Crippen molar-refractivity contribution in [3.63, 3.8) is 0 Å². The van der Waals surface area contributed by atoms with Gasteiger partial charge >= 0.3 is 0 Å². The Labute approximate surface area is 165 Å². The van der Waals surface area contributed by atoms with Gasteiger partial charge in [0.25, 0.3) is 5.91 Å². The van der Waals surface area contributed by atoms with Crippen molar-refractivity contribution in [2.75, 3.05) is 13.6 Å². The molecule has 0 bridgehead atoms. The summed E-state index contributed by atoms with van der Waals surface area (Å²) >= 11 is 0. The maximum atomic E-state index is 12.6. The standard InChI is InChI=1S/C22H26N2O4/c1-16(25)24-13-17-5-3-4-6-20(17)28-22(15-24)10-7-19(8-11-22)23(2)21(26)18-9-12-27-14-18/h3-6,9,12,14,19H,7-8,10-11,13,15H2,1-2H3. The van der Waals surface area contributed by atoms with Gasteiger partial charge in [-0.2, -0.15) is 0 Å². The number of ether oxygens (including phenoxy) is 1. The van der Waals surface area contributed by atoms with E-state index in [4.69, 9.17) is 9.15 Å². The molecule has 6 heteroatoms. The molecular formula is C22H26N2O4. The maximum absolute atomic E-state index is 12.6. The molecule has 2 aromatic rings. The zero-order valence-electron chi connectivity index (χ0n) is 16.4. The summed E-state index contributed by atoms with van der Waals surface area (Å²) in [6.45, 7) is 2.78. The van der Waals surface area contributed by atoms with Crippen LogP contribution in [0.4, 0.5) is 0 Å². The van der Waals surface area contributed by atoms with Crippen LogP contribution >= 0.6 is 0 Å². The molecule has 0 N–H and O–H groups in total. The summed E-state index contributed by atoms with van der Waals surface area (Å²) in [5, 5.41) is 0. The predicted molar refractivity (Wildman–Crippen MR) is 104 cm³/mol. The quantitative estimate of drug-likeness (QED) is 0.798. The molecule has 2 amide bonds. The van der Waals surface area contributed by atoms with Crippen LogP contribution in [0.5, 0.6) is 5.75 Å². The van der Waals surface area contributed by atoms with Crippen LogP contribution in [0.1, 0.15) is 48.5 Å². The molecule has 0 saturated heterocycles. The molecule has 6 nitrogen and oxygen atoms in total. The van der Waals surface area contributed by atoms with Gasteiger partial charge in [0.05, 0.1) is 18.4 Å². The van der Waals surface area contributed by atoms with Crippen molar-refractivity contribution < 1.29 is 18.7 Å². The van der Waals surface area contributed by atoms with Gasteiger partial charge in [0, 0.05) is 32.1 Å². The number of hydrogen-bond acceptors (Lipinski definition) is 4. The third kappa shape index (κ3) is 3.51. The second-order valence-corrected chi connectivity index (χ2v) is 7.93. The fourth-order valence-corrected chi connectivity index (χ4v) is 4.36. The first-order chi connectivity index (χ1) is 13.5. The molecule has 2 heterocycles. The molecule has 1 aliphatic heterocycles. The van der Waals surface area contributed by atoms with E-state index in [9.17, 15) is 9.59 Å². The van der Waals surface area contributed by atoms with Crippen molar-refractivity contribution in [3.05, 3.63) is 54.0 Å². The fourth-order valence-electron chi connectivity index (χ4n) is 4.36. The van der Waals surface area contributed by atoms with E-state index in [0.717, 1.165) is 37.0 Å². The molecule has 2 aliphatic rings. The lowest BCUT2D eigenvalue weighted by Gasteiger charge is -2.43. The molecule has 1 saturated carbocycles. The first kappa shape index (κ1) is 18.6. The highest BCUT2D eigenvalue weighted by Crippen LogP contribution is 2.39. The second kappa shape index (κ2) is 7.34. The number of rotatable bonds is 2. The number of nitrogens with zero attached hydrogens (tertiary/aromatic N) is 2. The van der Waals surface area contributed by atoms with Crippen molar-refractivity contribution in [2.24, 2.45) is 0 Å². The van der Waals surface area contributed by atoms with Crippen LogP contribution in [0.25, 0.3) is 0 Å². The molecule has 148 valence electrons. The first-order valence-corrected chi connectivity index (χ1v) is 9.79. The van der Waals surface area contributed by atoms with E-state index in [1.807, 2.05) is 41.1 Å². The van der Waals surface area contributed by atoms with Gasteiger partial charge in [-0.3, -0.25) is 9.59 Å². The van der Waals surface area contributed by atoms with Gasteiger partial charge in [0.15, 0.2) is 0 Å². The topological polar surface area (TPSA) is 63.0 Å². The van der Waals surface area contributed by atoms with Gasteiger partial charge < -0.3 is 19.0 Å². The Balaban J connectivity index is 1.50. The molecule has 1 fully saturated rings. The highest BCUT2D eigenvalue weighted by Gasteiger charge is 2.43. The summed E-state index contributed by atoms with van der Waals surface area (Å²) < 4.78 is 11.6. The molecule has 0 atom stereocenters. The first-order valence-electron chi connectivity index (χ1n) is 9.79. The number of carbonyl (C=O) groups excluding carboxylic acids is 2. The number of para-hydroxylation sites is 1. The van der Waals surface area contributed by atoms with E-state index in [2.05, 4.69) is 0 Å². The molecule has 1 aromatic heterocycles. The number of furan rings is 1. The number of hydrogen-bond donors (Lipinski definition) is 0. The van der Waals surface area contributed by atoms with Gasteiger partial charge in [-0.25, -0.2) is 0 Å². The molecule has 0 radical (unpaired) electrons. The van der Waals surface area contributed by atoms with Crippen molar-refractivity contribution in [2.45, 2.75) is 50.8 Å². The monoisotopic (exact) mass is 382 g/mol. The molecule has 28 heavy (non-hydrogen) atoms. The highest BCUT2D eigenvalue weighted by molar-refractivity contribution is 5.93. The summed E-state index contributed by atoms with van der Waals surface area (Å²) in [5.41, 5.74) is 1.23. The predicted octanol–water partition coefficient (Wildman–Crippen LogP) is 3.47. The lowest BCUT2D eigenvalue weighted by atomic mass is 9.81. The van der Waals surface area contributed by atoms with Crippen molar-refractivity contribution in [1.82, 2.24) is 9.80 Å². The Hall–Kier alpha value is -2.76. The SMILES string of the molecule is CC(=O)N1Cc2ccccc2OC2(CCC(N(C)C(=O)c3ccoc3)CC2)C1. The number of fused-ring (bicyclic) bond motifs is 1. The van der Waals surface area contributed by atoms with E-state index in [-0.39, 0.29) is 17.9 Å². The van der Waals surface area contributed by atoms with Crippen LogP contribution in [-0.2, 0) is 11.3 Å². The van der Waals surface area contributed by atoms with E-state index in [0.29, 0.717) is 18.7 Å². The average molecular weight is 382 g/mol. The minimum atomic E-state index is -0.395. The van der Waals surface area contributed by atoms with E-state index < -0.39 is 5.60 Å². The maximum Gasteiger partial charge on any atom is 0.257 e. The van der Waals surface area contributed by atoms with Crippen LogP contribution in [0.3, 0.4) is 0 Å². The molecular weight excluding hydrogens is 356 g/mol. The number of carbonyl (C=O) groups is 2. The minimum Gasteiger partial charge on any atom is -0.485 e. The van der Waals surface area contributed by atoms with E-state index in [1.165, 1.54) is 12.5 Å². The van der Waals surface area contributed by atoms with Crippen molar-refractivity contribution in [3.8, 4) is 5.75 Å². The van der Waals surface area contributed by atoms with Crippen LogP contribution in [-0.4, -0.2) is 46.8 Å². The Morgan fingerprint density at radius 3 is 2.61 bits per heavy atom. The summed E-state index contributed by atoms with van der Waals surface area (Å²) in [5.74, 6) is 0.911. The zero-order valence-corrected chi connectivity index (χ0v) is 16.4. The molecule has 4 rings (SSSR count).